The number of thioether (sulfide) groups is 1. The molecular formula is C25H26N2O4S. The van der Waals surface area contributed by atoms with Gasteiger partial charge in [-0.05, 0) is 35.4 Å². The predicted octanol–water partition coefficient (Wildman–Crippen LogP) is 5.56. The van der Waals surface area contributed by atoms with E-state index in [-0.39, 0.29) is 11.4 Å². The average molecular weight is 451 g/mol. The summed E-state index contributed by atoms with van der Waals surface area (Å²) in [6.07, 6.45) is 0. The summed E-state index contributed by atoms with van der Waals surface area (Å²) in [7, 11) is 3.16. The van der Waals surface area contributed by atoms with E-state index in [0.717, 1.165) is 22.6 Å². The number of carbonyl (C=O) groups excluding carboxylic acids is 1. The third-order valence-corrected chi connectivity index (χ3v) is 6.45. The van der Waals surface area contributed by atoms with E-state index in [0.29, 0.717) is 30.3 Å². The van der Waals surface area contributed by atoms with Crippen molar-refractivity contribution < 1.29 is 19.0 Å². The lowest BCUT2D eigenvalue weighted by Crippen LogP contribution is -2.34. The van der Waals surface area contributed by atoms with Crippen LogP contribution in [0.3, 0.4) is 0 Å². The molecule has 1 N–H and O–H groups in total. The van der Waals surface area contributed by atoms with E-state index in [1.54, 1.807) is 44.2 Å². The molecule has 1 heterocycles. The highest BCUT2D eigenvalue weighted by atomic mass is 32.2. The second-order valence-electron chi connectivity index (χ2n) is 7.26. The number of carbonyl (C=O) groups is 1. The minimum Gasteiger partial charge on any atom is -0.497 e. The molecular weight excluding hydrogens is 424 g/mol. The van der Waals surface area contributed by atoms with E-state index in [9.17, 15) is 4.79 Å². The van der Waals surface area contributed by atoms with E-state index in [1.807, 2.05) is 59.5 Å². The van der Waals surface area contributed by atoms with Gasteiger partial charge in [-0.3, -0.25) is 0 Å². The Balaban J connectivity index is 1.46. The average Bonchev–Trinajstić information content (AvgIpc) is 3.34. The molecule has 0 aliphatic carbocycles. The van der Waals surface area contributed by atoms with Crippen LogP contribution in [0, 0.1) is 0 Å². The van der Waals surface area contributed by atoms with Gasteiger partial charge in [-0.15, -0.1) is 11.8 Å². The number of anilines is 1. The van der Waals surface area contributed by atoms with Gasteiger partial charge in [0.05, 0.1) is 19.9 Å². The third kappa shape index (κ3) is 5.11. The first-order valence-corrected chi connectivity index (χ1v) is 11.4. The molecule has 0 bridgehead atoms. The molecule has 0 saturated carbocycles. The number of hydrogen-bond acceptors (Lipinski definition) is 5. The van der Waals surface area contributed by atoms with E-state index < -0.39 is 0 Å². The number of urea groups is 1. The number of amides is 2. The molecule has 1 unspecified atom stereocenters. The first-order chi connectivity index (χ1) is 15.7. The van der Waals surface area contributed by atoms with Gasteiger partial charge in [0.2, 0.25) is 0 Å². The van der Waals surface area contributed by atoms with Crippen molar-refractivity contribution in [2.75, 3.05) is 31.8 Å². The monoisotopic (exact) mass is 450 g/mol. The second-order valence-corrected chi connectivity index (χ2v) is 8.45. The maximum absolute atomic E-state index is 13.1. The van der Waals surface area contributed by atoms with Gasteiger partial charge in [0.1, 0.15) is 29.2 Å². The normalized spacial score (nSPS) is 15.3. The van der Waals surface area contributed by atoms with Gasteiger partial charge in [-0.1, -0.05) is 42.5 Å². The van der Waals surface area contributed by atoms with Gasteiger partial charge < -0.3 is 24.4 Å². The second kappa shape index (κ2) is 10.3. The first kappa shape index (κ1) is 21.9. The number of methoxy groups -OCH3 is 2. The molecule has 3 aromatic rings. The zero-order chi connectivity index (χ0) is 22.3. The van der Waals surface area contributed by atoms with Crippen molar-refractivity contribution in [1.82, 2.24) is 4.90 Å². The Morgan fingerprint density at radius 1 is 1.00 bits per heavy atom. The Morgan fingerprint density at radius 2 is 1.84 bits per heavy atom. The van der Waals surface area contributed by atoms with Gasteiger partial charge >= 0.3 is 6.03 Å². The number of ether oxygens (including phenoxy) is 3. The summed E-state index contributed by atoms with van der Waals surface area (Å²) in [6.45, 7) is 1.16. The minimum atomic E-state index is -0.168. The maximum atomic E-state index is 13.1. The lowest BCUT2D eigenvalue weighted by Gasteiger charge is -2.25. The largest absolute Gasteiger partial charge is 0.497 e. The lowest BCUT2D eigenvalue weighted by molar-refractivity contribution is 0.214. The van der Waals surface area contributed by atoms with Crippen LogP contribution >= 0.6 is 11.8 Å². The molecule has 1 aliphatic rings. The molecule has 1 saturated heterocycles. The van der Waals surface area contributed by atoms with Crippen molar-refractivity contribution in [2.45, 2.75) is 12.0 Å². The lowest BCUT2D eigenvalue weighted by atomic mass is 10.2. The van der Waals surface area contributed by atoms with E-state index in [4.69, 9.17) is 14.2 Å². The molecule has 7 heteroatoms. The molecule has 1 fully saturated rings. The fourth-order valence-electron chi connectivity index (χ4n) is 3.54. The smallest absolute Gasteiger partial charge is 0.323 e. The molecule has 2 amide bonds. The van der Waals surface area contributed by atoms with Gasteiger partial charge in [0, 0.05) is 18.4 Å². The summed E-state index contributed by atoms with van der Waals surface area (Å²) in [5.74, 6) is 2.88. The van der Waals surface area contributed by atoms with E-state index in [2.05, 4.69) is 5.32 Å². The van der Waals surface area contributed by atoms with Gasteiger partial charge in [-0.2, -0.15) is 0 Å². The van der Waals surface area contributed by atoms with Crippen molar-refractivity contribution in [3.63, 3.8) is 0 Å². The fourth-order valence-corrected chi connectivity index (χ4v) is 4.79. The molecule has 3 aromatic carbocycles. The molecule has 4 rings (SSSR count). The highest BCUT2D eigenvalue weighted by molar-refractivity contribution is 7.99. The number of rotatable bonds is 7. The van der Waals surface area contributed by atoms with Crippen LogP contribution < -0.4 is 19.5 Å². The zero-order valence-electron chi connectivity index (χ0n) is 18.1. The summed E-state index contributed by atoms with van der Waals surface area (Å²) >= 11 is 1.74. The van der Waals surface area contributed by atoms with Crippen molar-refractivity contribution >= 4 is 23.5 Å². The van der Waals surface area contributed by atoms with Crippen molar-refractivity contribution in [3.05, 3.63) is 83.9 Å². The minimum absolute atomic E-state index is 0.0838. The summed E-state index contributed by atoms with van der Waals surface area (Å²) in [5, 5.41) is 2.89. The van der Waals surface area contributed by atoms with Crippen LogP contribution in [0.1, 0.15) is 16.5 Å². The van der Waals surface area contributed by atoms with Crippen molar-refractivity contribution in [1.29, 1.82) is 0 Å². The Kier molecular flexibility index (Phi) is 7.07. The number of nitrogens with one attached hydrogen (secondary N) is 1. The summed E-state index contributed by atoms with van der Waals surface area (Å²) < 4.78 is 16.6. The Hall–Kier alpha value is -3.32. The van der Waals surface area contributed by atoms with Crippen LogP contribution in [-0.2, 0) is 6.61 Å². The summed E-state index contributed by atoms with van der Waals surface area (Å²) in [5.41, 5.74) is 2.76. The van der Waals surface area contributed by atoms with Crippen LogP contribution in [0.4, 0.5) is 10.5 Å². The predicted molar refractivity (Wildman–Crippen MR) is 128 cm³/mol. The molecule has 0 radical (unpaired) electrons. The zero-order valence-corrected chi connectivity index (χ0v) is 18.9. The van der Waals surface area contributed by atoms with Crippen molar-refractivity contribution in [3.8, 4) is 17.2 Å². The van der Waals surface area contributed by atoms with Crippen LogP contribution in [0.2, 0.25) is 0 Å². The van der Waals surface area contributed by atoms with Crippen LogP contribution in [0.25, 0.3) is 0 Å². The first-order valence-electron chi connectivity index (χ1n) is 10.4. The Labute approximate surface area is 192 Å². The topological polar surface area (TPSA) is 60.0 Å². The van der Waals surface area contributed by atoms with Gasteiger partial charge in [0.15, 0.2) is 0 Å². The molecule has 166 valence electrons. The molecule has 1 atom stereocenters. The maximum Gasteiger partial charge on any atom is 0.323 e. The van der Waals surface area contributed by atoms with Crippen LogP contribution in [-0.4, -0.2) is 37.4 Å². The van der Waals surface area contributed by atoms with Gasteiger partial charge in [0.25, 0.3) is 0 Å². The van der Waals surface area contributed by atoms with Crippen LogP contribution in [0.15, 0.2) is 72.8 Å². The van der Waals surface area contributed by atoms with Gasteiger partial charge in [-0.25, -0.2) is 4.79 Å². The molecule has 6 nitrogen and oxygen atoms in total. The Bertz CT molecular complexity index is 1060. The van der Waals surface area contributed by atoms with Crippen LogP contribution in [0.5, 0.6) is 17.2 Å². The molecule has 0 spiro atoms. The SMILES string of the molecule is COc1ccc(NC(=O)N2CCSC2c2cccc(OCc3ccccc3)c2)c(OC)c1. The molecule has 1 aliphatic heterocycles. The van der Waals surface area contributed by atoms with E-state index in [1.165, 1.54) is 0 Å². The quantitative estimate of drug-likeness (QED) is 0.511. The number of nitrogens with zero attached hydrogens (tertiary/aromatic N) is 1. The summed E-state index contributed by atoms with van der Waals surface area (Å²) in [6, 6.07) is 23.2. The highest BCUT2D eigenvalue weighted by Gasteiger charge is 2.31. The molecule has 0 aromatic heterocycles. The summed E-state index contributed by atoms with van der Waals surface area (Å²) in [4.78, 5) is 14.9. The number of hydrogen-bond donors (Lipinski definition) is 1. The highest BCUT2D eigenvalue weighted by Crippen LogP contribution is 2.40. The third-order valence-electron chi connectivity index (χ3n) is 5.19. The van der Waals surface area contributed by atoms with E-state index >= 15 is 0 Å². The number of benzene rings is 3. The molecule has 32 heavy (non-hydrogen) atoms. The standard InChI is InChI=1S/C25H26N2O4S/c1-29-20-11-12-22(23(16-20)30-2)26-25(28)27-13-14-32-24(27)19-9-6-10-21(15-19)31-17-18-7-4-3-5-8-18/h3-12,15-16,24H,13-14,17H2,1-2H3,(H,26,28). The van der Waals surface area contributed by atoms with Crippen molar-refractivity contribution in [2.24, 2.45) is 0 Å². The fraction of sp³-hybridized carbons (Fsp3) is 0.240. The Morgan fingerprint density at radius 3 is 2.62 bits per heavy atom.